The van der Waals surface area contributed by atoms with Crippen molar-refractivity contribution in [3.8, 4) is 5.88 Å². The van der Waals surface area contributed by atoms with E-state index in [2.05, 4.69) is 20.3 Å². The molecule has 0 spiro atoms. The van der Waals surface area contributed by atoms with Crippen LogP contribution >= 0.6 is 11.6 Å². The van der Waals surface area contributed by atoms with Crippen molar-refractivity contribution in [3.63, 3.8) is 0 Å². The van der Waals surface area contributed by atoms with Crippen LogP contribution < -0.4 is 10.1 Å². The molecule has 2 aromatic heterocycles. The Morgan fingerprint density at radius 2 is 2.22 bits per heavy atom. The Balaban J connectivity index is 1.85. The lowest BCUT2D eigenvalue weighted by atomic mass is 10.3. The molecular formula is C14H14ClN5O3. The molecule has 0 saturated heterocycles. The first-order chi connectivity index (χ1) is 11.0. The molecule has 1 aliphatic rings. The summed E-state index contributed by atoms with van der Waals surface area (Å²) in [5, 5.41) is 14.7. The van der Waals surface area contributed by atoms with Gasteiger partial charge >= 0.3 is 5.69 Å². The quantitative estimate of drug-likeness (QED) is 0.639. The van der Waals surface area contributed by atoms with Crippen LogP contribution in [-0.2, 0) is 6.54 Å². The van der Waals surface area contributed by atoms with Crippen LogP contribution in [-0.4, -0.2) is 25.5 Å². The Bertz CT molecular complexity index is 751. The van der Waals surface area contributed by atoms with Crippen LogP contribution in [0.25, 0.3) is 0 Å². The number of nitrogens with zero attached hydrogens (tertiary/aromatic N) is 4. The van der Waals surface area contributed by atoms with E-state index in [0.29, 0.717) is 10.7 Å². The van der Waals surface area contributed by atoms with Crippen LogP contribution in [0.3, 0.4) is 0 Å². The minimum absolute atomic E-state index is 0.0281. The summed E-state index contributed by atoms with van der Waals surface area (Å²) in [6.45, 7) is 2.09. The molecule has 0 radical (unpaired) electrons. The van der Waals surface area contributed by atoms with Crippen LogP contribution in [0.2, 0.25) is 5.02 Å². The molecule has 23 heavy (non-hydrogen) atoms. The summed E-state index contributed by atoms with van der Waals surface area (Å²) in [4.78, 5) is 22.8. The second-order valence-electron chi connectivity index (χ2n) is 5.47. The van der Waals surface area contributed by atoms with Crippen molar-refractivity contribution in [3.05, 3.63) is 45.5 Å². The third-order valence-electron chi connectivity index (χ3n) is 3.53. The average Bonchev–Trinajstić information content (AvgIpc) is 3.23. The highest BCUT2D eigenvalue weighted by Crippen LogP contribution is 2.42. The molecule has 1 aliphatic carbocycles. The number of ether oxygens (including phenoxy) is 1. The van der Waals surface area contributed by atoms with Gasteiger partial charge in [-0.3, -0.25) is 15.1 Å². The molecule has 0 bridgehead atoms. The lowest BCUT2D eigenvalue weighted by molar-refractivity contribution is -0.385. The lowest BCUT2D eigenvalue weighted by Crippen LogP contribution is -2.16. The van der Waals surface area contributed by atoms with Crippen LogP contribution in [0.1, 0.15) is 25.5 Å². The Morgan fingerprint density at radius 3 is 2.87 bits per heavy atom. The third kappa shape index (κ3) is 3.48. The van der Waals surface area contributed by atoms with Crippen molar-refractivity contribution in [1.82, 2.24) is 15.0 Å². The molecule has 0 unspecified atom stereocenters. The summed E-state index contributed by atoms with van der Waals surface area (Å²) in [6, 6.07) is 3.41. The number of nitro groups is 1. The summed E-state index contributed by atoms with van der Waals surface area (Å²) in [5.41, 5.74) is -0.0906. The molecule has 2 heterocycles. The molecule has 0 aromatic carbocycles. The number of nitrogens with one attached hydrogen (secondary N) is 1. The van der Waals surface area contributed by atoms with E-state index in [0.717, 1.165) is 12.8 Å². The van der Waals surface area contributed by atoms with Gasteiger partial charge in [0, 0.05) is 6.20 Å². The van der Waals surface area contributed by atoms with Crippen molar-refractivity contribution in [1.29, 1.82) is 0 Å². The third-order valence-corrected chi connectivity index (χ3v) is 3.87. The van der Waals surface area contributed by atoms with E-state index in [9.17, 15) is 10.1 Å². The first kappa shape index (κ1) is 15.4. The maximum atomic E-state index is 11.4. The maximum absolute atomic E-state index is 11.4. The van der Waals surface area contributed by atoms with Gasteiger partial charge in [0.05, 0.1) is 22.2 Å². The van der Waals surface area contributed by atoms with Gasteiger partial charge in [-0.05, 0) is 31.9 Å². The number of aromatic nitrogens is 3. The Labute approximate surface area is 137 Å². The highest BCUT2D eigenvalue weighted by Gasteiger charge is 2.42. The Morgan fingerprint density at radius 1 is 1.43 bits per heavy atom. The van der Waals surface area contributed by atoms with Gasteiger partial charge in [-0.2, -0.15) is 4.98 Å². The monoisotopic (exact) mass is 335 g/mol. The number of halogens is 1. The molecule has 0 atom stereocenters. The second kappa shape index (κ2) is 5.96. The summed E-state index contributed by atoms with van der Waals surface area (Å²) in [7, 11) is 0. The zero-order chi connectivity index (χ0) is 16.4. The standard InChI is InChI=1S/C14H14ClN5O3/c1-14(4-5-14)23-13-11(20(21)22)12(18-8-19-13)17-7-10-9(15)3-2-6-16-10/h2-3,6,8H,4-5,7H2,1H3,(H,17,18,19). The molecule has 9 heteroatoms. The summed E-state index contributed by atoms with van der Waals surface area (Å²) in [6.07, 6.45) is 4.52. The van der Waals surface area contributed by atoms with Gasteiger partial charge in [0.1, 0.15) is 11.9 Å². The Hall–Kier alpha value is -2.48. The Kier molecular flexibility index (Phi) is 3.99. The zero-order valence-corrected chi connectivity index (χ0v) is 13.1. The fourth-order valence-corrected chi connectivity index (χ4v) is 2.15. The number of hydrogen-bond donors (Lipinski definition) is 1. The molecule has 1 N–H and O–H groups in total. The second-order valence-corrected chi connectivity index (χ2v) is 5.88. The number of rotatable bonds is 6. The topological polar surface area (TPSA) is 103 Å². The first-order valence-electron chi connectivity index (χ1n) is 7.00. The minimum Gasteiger partial charge on any atom is -0.466 e. The van der Waals surface area contributed by atoms with Gasteiger partial charge in [0.2, 0.25) is 5.82 Å². The summed E-state index contributed by atoms with van der Waals surface area (Å²) >= 11 is 6.03. The number of anilines is 1. The number of hydrogen-bond acceptors (Lipinski definition) is 7. The van der Waals surface area contributed by atoms with Crippen molar-refractivity contribution < 1.29 is 9.66 Å². The van der Waals surface area contributed by atoms with E-state index in [1.54, 1.807) is 18.3 Å². The van der Waals surface area contributed by atoms with E-state index in [4.69, 9.17) is 16.3 Å². The number of pyridine rings is 1. The summed E-state index contributed by atoms with van der Waals surface area (Å²) < 4.78 is 5.65. The van der Waals surface area contributed by atoms with Crippen LogP contribution in [0.5, 0.6) is 5.88 Å². The minimum atomic E-state index is -0.552. The highest BCUT2D eigenvalue weighted by molar-refractivity contribution is 6.31. The molecule has 0 aliphatic heterocycles. The predicted octanol–water partition coefficient (Wildman–Crippen LogP) is 2.98. The average molecular weight is 336 g/mol. The molecule has 1 saturated carbocycles. The molecule has 1 fully saturated rings. The predicted molar refractivity (Wildman–Crippen MR) is 83.5 cm³/mol. The SMILES string of the molecule is CC1(Oc2ncnc(NCc3ncccc3Cl)c2[N+](=O)[O-])CC1. The molecular weight excluding hydrogens is 322 g/mol. The van der Waals surface area contributed by atoms with Crippen LogP contribution in [0.4, 0.5) is 11.5 Å². The van der Waals surface area contributed by atoms with Crippen molar-refractivity contribution in [2.45, 2.75) is 31.9 Å². The normalized spacial score (nSPS) is 15.0. The van der Waals surface area contributed by atoms with Crippen molar-refractivity contribution in [2.24, 2.45) is 0 Å². The fraction of sp³-hybridized carbons (Fsp3) is 0.357. The van der Waals surface area contributed by atoms with E-state index < -0.39 is 4.92 Å². The van der Waals surface area contributed by atoms with Crippen molar-refractivity contribution in [2.75, 3.05) is 5.32 Å². The van der Waals surface area contributed by atoms with Crippen LogP contribution in [0, 0.1) is 10.1 Å². The van der Waals surface area contributed by atoms with Gasteiger partial charge in [0.15, 0.2) is 0 Å². The molecule has 120 valence electrons. The molecule has 0 amide bonds. The summed E-state index contributed by atoms with van der Waals surface area (Å²) in [5.74, 6) is 0.0468. The van der Waals surface area contributed by atoms with E-state index in [1.807, 2.05) is 6.92 Å². The lowest BCUT2D eigenvalue weighted by Gasteiger charge is -2.13. The molecule has 3 rings (SSSR count). The van der Waals surface area contributed by atoms with Gasteiger partial charge < -0.3 is 10.1 Å². The van der Waals surface area contributed by atoms with Crippen molar-refractivity contribution >= 4 is 23.1 Å². The zero-order valence-electron chi connectivity index (χ0n) is 12.3. The van der Waals surface area contributed by atoms with Gasteiger partial charge in [-0.25, -0.2) is 4.98 Å². The maximum Gasteiger partial charge on any atom is 0.372 e. The fourth-order valence-electron chi connectivity index (χ4n) is 1.96. The van der Waals surface area contributed by atoms with Gasteiger partial charge in [-0.15, -0.1) is 0 Å². The molecule has 8 nitrogen and oxygen atoms in total. The highest BCUT2D eigenvalue weighted by atomic mass is 35.5. The smallest absolute Gasteiger partial charge is 0.372 e. The van der Waals surface area contributed by atoms with Gasteiger partial charge in [-0.1, -0.05) is 11.6 Å². The molecule has 2 aromatic rings. The van der Waals surface area contributed by atoms with Gasteiger partial charge in [0.25, 0.3) is 5.88 Å². The van der Waals surface area contributed by atoms with E-state index in [-0.39, 0.29) is 29.5 Å². The van der Waals surface area contributed by atoms with E-state index >= 15 is 0 Å². The largest absolute Gasteiger partial charge is 0.466 e. The van der Waals surface area contributed by atoms with Crippen LogP contribution in [0.15, 0.2) is 24.7 Å². The van der Waals surface area contributed by atoms with E-state index in [1.165, 1.54) is 6.33 Å². The first-order valence-corrected chi connectivity index (χ1v) is 7.38.